The molecular weight excluding hydrogens is 356 g/mol. The molecule has 1 aromatic carbocycles. The second-order valence-corrected chi connectivity index (χ2v) is 7.04. The van der Waals surface area contributed by atoms with Gasteiger partial charge in [0.15, 0.2) is 5.84 Å². The predicted octanol–water partition coefficient (Wildman–Crippen LogP) is 3.94. The van der Waals surface area contributed by atoms with Crippen molar-refractivity contribution in [1.82, 2.24) is 0 Å². The second-order valence-electron chi connectivity index (χ2n) is 6.26. The molecule has 0 radical (unpaired) electrons. The Balaban J connectivity index is 1.87. The molecule has 0 unspecified atom stereocenters. The molecule has 1 aromatic heterocycles. The fourth-order valence-corrected chi connectivity index (χ4v) is 3.52. The van der Waals surface area contributed by atoms with Gasteiger partial charge in [0, 0.05) is 28.0 Å². The zero-order valence-electron chi connectivity index (χ0n) is 15.2. The number of carbonyl (C=O) groups is 1. The molecular formula is C21H22N4OS. The first-order valence-electron chi connectivity index (χ1n) is 8.66. The number of allylic oxidation sites excluding steroid dienone is 2. The highest BCUT2D eigenvalue weighted by Crippen LogP contribution is 2.21. The van der Waals surface area contributed by atoms with Crippen LogP contribution in [0.3, 0.4) is 0 Å². The Bertz CT molecular complexity index is 922. The Morgan fingerprint density at radius 1 is 1.33 bits per heavy atom. The van der Waals surface area contributed by atoms with Crippen LogP contribution >= 0.6 is 11.3 Å². The van der Waals surface area contributed by atoms with E-state index in [1.807, 2.05) is 48.7 Å². The van der Waals surface area contributed by atoms with Crippen molar-refractivity contribution in [3.05, 3.63) is 76.1 Å². The minimum Gasteiger partial charge on any atom is -0.369 e. The summed E-state index contributed by atoms with van der Waals surface area (Å²) >= 11 is 1.63. The maximum Gasteiger partial charge on any atom is 0.221 e. The van der Waals surface area contributed by atoms with Crippen molar-refractivity contribution in [2.75, 3.05) is 11.9 Å². The van der Waals surface area contributed by atoms with Gasteiger partial charge < -0.3 is 11.1 Å². The Kier molecular flexibility index (Phi) is 5.98. The number of amidine groups is 1. The monoisotopic (exact) mass is 378 g/mol. The first-order valence-corrected chi connectivity index (χ1v) is 9.61. The molecule has 27 heavy (non-hydrogen) atoms. The van der Waals surface area contributed by atoms with Crippen LogP contribution in [0.15, 0.2) is 75.0 Å². The highest BCUT2D eigenvalue weighted by molar-refractivity contribution is 7.08. The van der Waals surface area contributed by atoms with E-state index in [1.165, 1.54) is 0 Å². The van der Waals surface area contributed by atoms with E-state index in [-0.39, 0.29) is 12.3 Å². The van der Waals surface area contributed by atoms with Crippen LogP contribution in [0.5, 0.6) is 0 Å². The molecule has 0 atom stereocenters. The topological polar surface area (TPSA) is 79.8 Å². The van der Waals surface area contributed by atoms with Crippen LogP contribution in [0.2, 0.25) is 0 Å². The van der Waals surface area contributed by atoms with Gasteiger partial charge in [-0.15, -0.1) is 6.58 Å². The number of hydrogen-bond donors (Lipinski definition) is 2. The van der Waals surface area contributed by atoms with Crippen LogP contribution < -0.4 is 11.1 Å². The number of nitrogens with one attached hydrogen (secondary N) is 1. The Hall–Kier alpha value is -2.99. The van der Waals surface area contributed by atoms with Crippen LogP contribution in [0.4, 0.5) is 5.69 Å². The predicted molar refractivity (Wildman–Crippen MR) is 114 cm³/mol. The smallest absolute Gasteiger partial charge is 0.221 e. The summed E-state index contributed by atoms with van der Waals surface area (Å²) in [6.45, 7) is 6.39. The van der Waals surface area contributed by atoms with Gasteiger partial charge in [-0.2, -0.15) is 11.3 Å². The average Bonchev–Trinajstić information content (AvgIpc) is 3.13. The lowest BCUT2D eigenvalue weighted by molar-refractivity contribution is -0.117. The van der Waals surface area contributed by atoms with Crippen LogP contribution in [-0.4, -0.2) is 24.0 Å². The number of thiophene rings is 1. The van der Waals surface area contributed by atoms with Crippen LogP contribution in [0.25, 0.3) is 0 Å². The number of primary amides is 1. The van der Waals surface area contributed by atoms with Gasteiger partial charge in [-0.3, -0.25) is 9.79 Å². The van der Waals surface area contributed by atoms with Crippen molar-refractivity contribution < 1.29 is 4.79 Å². The number of nitrogens with two attached hydrogens (primary N) is 1. The highest BCUT2D eigenvalue weighted by Gasteiger charge is 2.15. The quantitative estimate of drug-likeness (QED) is 0.716. The van der Waals surface area contributed by atoms with Gasteiger partial charge in [0.05, 0.1) is 13.0 Å². The van der Waals surface area contributed by atoms with Crippen molar-refractivity contribution >= 4 is 34.5 Å². The summed E-state index contributed by atoms with van der Waals surface area (Å²) in [7, 11) is 0. The van der Waals surface area contributed by atoms with Gasteiger partial charge >= 0.3 is 0 Å². The average molecular weight is 379 g/mol. The number of amides is 1. The summed E-state index contributed by atoms with van der Waals surface area (Å²) < 4.78 is 0. The fourth-order valence-electron chi connectivity index (χ4n) is 2.89. The SMILES string of the molecule is C=CCC1=C(Nc2ccc(CC(N)=O)cc2)CN=C(c2ccsc2)N=C1C. The molecule has 0 fully saturated rings. The fraction of sp³-hybridized carbons (Fsp3) is 0.190. The minimum absolute atomic E-state index is 0.241. The summed E-state index contributed by atoms with van der Waals surface area (Å²) in [5.74, 6) is 0.418. The van der Waals surface area contributed by atoms with Crippen molar-refractivity contribution in [1.29, 1.82) is 0 Å². The first kappa shape index (κ1) is 18.8. The van der Waals surface area contributed by atoms with Crippen LogP contribution in [0.1, 0.15) is 24.5 Å². The minimum atomic E-state index is -0.336. The molecule has 2 heterocycles. The number of rotatable bonds is 7. The van der Waals surface area contributed by atoms with Crippen molar-refractivity contribution in [2.24, 2.45) is 15.7 Å². The summed E-state index contributed by atoms with van der Waals surface area (Å²) in [6.07, 6.45) is 2.83. The normalized spacial score (nSPS) is 14.3. The number of benzene rings is 1. The molecule has 1 aliphatic heterocycles. The molecule has 6 heteroatoms. The molecule has 1 aliphatic rings. The Labute approximate surface area is 163 Å². The molecule has 138 valence electrons. The molecule has 2 aromatic rings. The molecule has 5 nitrogen and oxygen atoms in total. The third kappa shape index (κ3) is 4.80. The molecule has 1 amide bonds. The van der Waals surface area contributed by atoms with Gasteiger partial charge in [-0.25, -0.2) is 4.99 Å². The molecule has 0 saturated heterocycles. The number of anilines is 1. The largest absolute Gasteiger partial charge is 0.369 e. The maximum absolute atomic E-state index is 11.1. The number of carbonyl (C=O) groups excluding carboxylic acids is 1. The molecule has 0 aliphatic carbocycles. The third-order valence-electron chi connectivity index (χ3n) is 4.22. The van der Waals surface area contributed by atoms with Crippen molar-refractivity contribution in [3.8, 4) is 0 Å². The zero-order chi connectivity index (χ0) is 19.2. The van der Waals surface area contributed by atoms with E-state index in [2.05, 4.69) is 17.3 Å². The molecule has 3 N–H and O–H groups in total. The van der Waals surface area contributed by atoms with Gasteiger partial charge in [-0.05, 0) is 48.1 Å². The summed E-state index contributed by atoms with van der Waals surface area (Å²) in [4.78, 5) is 20.5. The summed E-state index contributed by atoms with van der Waals surface area (Å²) in [5, 5.41) is 7.54. The van der Waals surface area contributed by atoms with Gasteiger partial charge in [0.25, 0.3) is 0 Å². The standard InChI is InChI=1S/C21H22N4OS/c1-3-4-18-14(2)24-21(16-9-10-27-13-16)23-12-19(18)25-17-7-5-15(6-8-17)11-20(22)26/h3,5-10,13,25H,1,4,11-12H2,2H3,(H2,22,26). The zero-order valence-corrected chi connectivity index (χ0v) is 16.1. The lowest BCUT2D eigenvalue weighted by Crippen LogP contribution is -2.13. The number of hydrogen-bond acceptors (Lipinski definition) is 5. The van der Waals surface area contributed by atoms with Gasteiger partial charge in [0.2, 0.25) is 5.91 Å². The number of aliphatic imine (C=N–C) groups is 2. The highest BCUT2D eigenvalue weighted by atomic mass is 32.1. The van der Waals surface area contributed by atoms with Crippen molar-refractivity contribution in [3.63, 3.8) is 0 Å². The number of nitrogens with zero attached hydrogens (tertiary/aromatic N) is 2. The van der Waals surface area contributed by atoms with E-state index in [1.54, 1.807) is 11.3 Å². The molecule has 0 bridgehead atoms. The van der Waals surface area contributed by atoms with E-state index < -0.39 is 0 Å². The molecule has 3 rings (SSSR count). The van der Waals surface area contributed by atoms with Gasteiger partial charge in [-0.1, -0.05) is 18.2 Å². The summed E-state index contributed by atoms with van der Waals surface area (Å²) in [5.41, 5.74) is 11.1. The molecule has 0 saturated carbocycles. The Morgan fingerprint density at radius 3 is 2.74 bits per heavy atom. The lowest BCUT2D eigenvalue weighted by atomic mass is 10.0. The van der Waals surface area contributed by atoms with Crippen LogP contribution in [-0.2, 0) is 11.2 Å². The lowest BCUT2D eigenvalue weighted by Gasteiger charge is -2.14. The van der Waals surface area contributed by atoms with E-state index in [0.29, 0.717) is 13.0 Å². The second kappa shape index (κ2) is 8.60. The van der Waals surface area contributed by atoms with Gasteiger partial charge in [0.1, 0.15) is 0 Å². The molecule has 0 spiro atoms. The van der Waals surface area contributed by atoms with E-state index in [0.717, 1.165) is 39.6 Å². The van der Waals surface area contributed by atoms with Crippen LogP contribution in [0, 0.1) is 0 Å². The van der Waals surface area contributed by atoms with E-state index >= 15 is 0 Å². The van der Waals surface area contributed by atoms with E-state index in [9.17, 15) is 4.79 Å². The third-order valence-corrected chi connectivity index (χ3v) is 4.90. The summed E-state index contributed by atoms with van der Waals surface area (Å²) in [6, 6.07) is 9.72. The Morgan fingerprint density at radius 2 is 2.11 bits per heavy atom. The van der Waals surface area contributed by atoms with E-state index in [4.69, 9.17) is 15.7 Å². The van der Waals surface area contributed by atoms with Crippen molar-refractivity contribution in [2.45, 2.75) is 19.8 Å². The maximum atomic E-state index is 11.1. The first-order chi connectivity index (χ1) is 13.1.